The van der Waals surface area contributed by atoms with Crippen LogP contribution in [0.2, 0.25) is 0 Å². The van der Waals surface area contributed by atoms with Gasteiger partial charge in [0, 0.05) is 27.2 Å². The summed E-state index contributed by atoms with van der Waals surface area (Å²) in [4.78, 5) is 32.9. The summed E-state index contributed by atoms with van der Waals surface area (Å²) >= 11 is 0. The Morgan fingerprint density at radius 1 is 1.25 bits per heavy atom. The van der Waals surface area contributed by atoms with Crippen molar-refractivity contribution >= 4 is 17.8 Å². The lowest BCUT2D eigenvalue weighted by Crippen LogP contribution is -2.58. The molecule has 1 rings (SSSR count). The van der Waals surface area contributed by atoms with Crippen molar-refractivity contribution < 1.29 is 33.7 Å². The molecule has 114 valence electrons. The highest BCUT2D eigenvalue weighted by Crippen LogP contribution is 2.22. The lowest BCUT2D eigenvalue weighted by molar-refractivity contribution is -0.224. The number of esters is 2. The molecule has 1 aliphatic rings. The smallest absolute Gasteiger partial charge is 0.302 e. The number of ether oxygens (including phenoxy) is 3. The number of hydrogen-bond acceptors (Lipinski definition) is 7. The van der Waals surface area contributed by atoms with E-state index in [0.717, 1.165) is 0 Å². The van der Waals surface area contributed by atoms with Gasteiger partial charge in [0.15, 0.2) is 6.29 Å². The Kier molecular flexibility index (Phi) is 5.90. The van der Waals surface area contributed by atoms with Crippen LogP contribution < -0.4 is 5.32 Å². The Labute approximate surface area is 116 Å². The van der Waals surface area contributed by atoms with Crippen LogP contribution in [-0.2, 0) is 28.6 Å². The third-order valence-corrected chi connectivity index (χ3v) is 2.69. The maximum atomic E-state index is 11.1. The molecule has 0 radical (unpaired) electrons. The summed E-state index contributed by atoms with van der Waals surface area (Å²) < 4.78 is 15.1. The van der Waals surface area contributed by atoms with Crippen LogP contribution in [0, 0.1) is 0 Å². The second-order valence-corrected chi connectivity index (χ2v) is 4.56. The fourth-order valence-corrected chi connectivity index (χ4v) is 1.98. The maximum absolute atomic E-state index is 11.1. The molecule has 0 unspecified atom stereocenters. The zero-order valence-electron chi connectivity index (χ0n) is 11.6. The number of aliphatic hydroxyl groups is 1. The lowest BCUT2D eigenvalue weighted by Gasteiger charge is -2.38. The topological polar surface area (TPSA) is 111 Å². The van der Waals surface area contributed by atoms with E-state index in [4.69, 9.17) is 14.2 Å². The average molecular weight is 289 g/mol. The first-order chi connectivity index (χ1) is 9.29. The lowest BCUT2D eigenvalue weighted by atomic mass is 10.00. The first kappa shape index (κ1) is 16.4. The third kappa shape index (κ3) is 5.14. The summed E-state index contributed by atoms with van der Waals surface area (Å²) in [5.41, 5.74) is 0. The molecule has 2 N–H and O–H groups in total. The van der Waals surface area contributed by atoms with E-state index in [0.29, 0.717) is 0 Å². The summed E-state index contributed by atoms with van der Waals surface area (Å²) in [6.45, 7) is 3.70. The van der Waals surface area contributed by atoms with Gasteiger partial charge in [0.1, 0.15) is 18.8 Å². The molecule has 8 heteroatoms. The molecule has 1 aliphatic heterocycles. The van der Waals surface area contributed by atoms with Crippen molar-refractivity contribution in [3.63, 3.8) is 0 Å². The molecule has 1 heterocycles. The normalized spacial score (nSPS) is 29.4. The summed E-state index contributed by atoms with van der Waals surface area (Å²) in [5.74, 6) is -1.39. The molecule has 1 amide bonds. The van der Waals surface area contributed by atoms with Gasteiger partial charge in [0.2, 0.25) is 5.91 Å². The van der Waals surface area contributed by atoms with Gasteiger partial charge >= 0.3 is 11.9 Å². The van der Waals surface area contributed by atoms with Gasteiger partial charge in [0.05, 0.1) is 6.10 Å². The number of rotatable bonds is 4. The van der Waals surface area contributed by atoms with Crippen LogP contribution in [0.25, 0.3) is 0 Å². The minimum Gasteiger partial charge on any atom is -0.463 e. The van der Waals surface area contributed by atoms with Crippen molar-refractivity contribution in [3.05, 3.63) is 0 Å². The van der Waals surface area contributed by atoms with Gasteiger partial charge in [-0.1, -0.05) is 0 Å². The molecule has 20 heavy (non-hydrogen) atoms. The van der Waals surface area contributed by atoms with Crippen molar-refractivity contribution in [2.45, 2.75) is 51.7 Å². The third-order valence-electron chi connectivity index (χ3n) is 2.69. The van der Waals surface area contributed by atoms with E-state index >= 15 is 0 Å². The molecule has 0 aromatic rings. The molecule has 8 nitrogen and oxygen atoms in total. The fourth-order valence-electron chi connectivity index (χ4n) is 1.98. The standard InChI is InChI=1S/C12H19NO7/c1-6(14)13-11-10(19-8(3)16)4-9(20-12(11)17)5-18-7(2)15/h9-12,17H,4-5H2,1-3H3,(H,13,14)/t9-,10-,11+,12+/m0/s1. The number of aliphatic hydroxyl groups excluding tert-OH is 1. The van der Waals surface area contributed by atoms with E-state index in [1.807, 2.05) is 0 Å². The van der Waals surface area contributed by atoms with Crippen molar-refractivity contribution in [1.29, 1.82) is 0 Å². The highest BCUT2D eigenvalue weighted by atomic mass is 16.6. The van der Waals surface area contributed by atoms with Gasteiger partial charge in [0.25, 0.3) is 0 Å². The number of nitrogens with one attached hydrogen (secondary N) is 1. The number of carbonyl (C=O) groups is 3. The zero-order chi connectivity index (χ0) is 15.3. The van der Waals surface area contributed by atoms with Gasteiger partial charge in [-0.3, -0.25) is 14.4 Å². The number of amides is 1. The van der Waals surface area contributed by atoms with Crippen LogP contribution in [0.1, 0.15) is 27.2 Å². The van der Waals surface area contributed by atoms with E-state index < -0.39 is 36.5 Å². The van der Waals surface area contributed by atoms with E-state index in [9.17, 15) is 19.5 Å². The Balaban J connectivity index is 2.71. The van der Waals surface area contributed by atoms with Crippen molar-refractivity contribution in [2.75, 3.05) is 6.61 Å². The average Bonchev–Trinajstić information content (AvgIpc) is 2.29. The Morgan fingerprint density at radius 2 is 1.90 bits per heavy atom. The van der Waals surface area contributed by atoms with Gasteiger partial charge < -0.3 is 24.6 Å². The Hall–Kier alpha value is -1.67. The van der Waals surface area contributed by atoms with Crippen molar-refractivity contribution in [3.8, 4) is 0 Å². The van der Waals surface area contributed by atoms with E-state index in [2.05, 4.69) is 5.32 Å². The van der Waals surface area contributed by atoms with Crippen LogP contribution in [0.4, 0.5) is 0 Å². The first-order valence-corrected chi connectivity index (χ1v) is 6.20. The zero-order valence-corrected chi connectivity index (χ0v) is 11.6. The molecular formula is C12H19NO7. The van der Waals surface area contributed by atoms with Gasteiger partial charge in [-0.05, 0) is 0 Å². The summed E-state index contributed by atoms with van der Waals surface area (Å²) in [5, 5.41) is 12.3. The molecule has 1 fully saturated rings. The largest absolute Gasteiger partial charge is 0.463 e. The molecule has 4 atom stereocenters. The SMILES string of the molecule is CC(=O)N[C@H]1[C@H](O)O[C@H](COC(C)=O)C[C@@H]1OC(C)=O. The summed E-state index contributed by atoms with van der Waals surface area (Å²) in [7, 11) is 0. The van der Waals surface area contributed by atoms with Gasteiger partial charge in [-0.2, -0.15) is 0 Å². The molecular weight excluding hydrogens is 270 g/mol. The Morgan fingerprint density at radius 3 is 2.40 bits per heavy atom. The Bertz CT molecular complexity index is 384. The predicted octanol–water partition coefficient (Wildman–Crippen LogP) is -0.907. The molecule has 0 saturated carbocycles. The van der Waals surface area contributed by atoms with Crippen LogP contribution in [0.15, 0.2) is 0 Å². The van der Waals surface area contributed by atoms with E-state index in [1.54, 1.807) is 0 Å². The van der Waals surface area contributed by atoms with Crippen molar-refractivity contribution in [1.82, 2.24) is 5.32 Å². The number of hydrogen-bond donors (Lipinski definition) is 2. The maximum Gasteiger partial charge on any atom is 0.302 e. The fraction of sp³-hybridized carbons (Fsp3) is 0.750. The van der Waals surface area contributed by atoms with Crippen molar-refractivity contribution in [2.24, 2.45) is 0 Å². The van der Waals surface area contributed by atoms with Gasteiger partial charge in [-0.15, -0.1) is 0 Å². The monoisotopic (exact) mass is 289 g/mol. The van der Waals surface area contributed by atoms with Crippen LogP contribution in [0.3, 0.4) is 0 Å². The molecule has 0 aromatic heterocycles. The van der Waals surface area contributed by atoms with Crippen LogP contribution in [-0.4, -0.2) is 54.1 Å². The molecule has 0 aliphatic carbocycles. The van der Waals surface area contributed by atoms with E-state index in [1.165, 1.54) is 20.8 Å². The minimum absolute atomic E-state index is 0.0586. The quantitative estimate of drug-likeness (QED) is 0.645. The number of carbonyl (C=O) groups excluding carboxylic acids is 3. The predicted molar refractivity (Wildman–Crippen MR) is 65.3 cm³/mol. The van der Waals surface area contributed by atoms with Crippen LogP contribution >= 0.6 is 0 Å². The molecule has 0 aromatic carbocycles. The summed E-state index contributed by atoms with van der Waals surface area (Å²) in [6, 6.07) is -0.857. The van der Waals surface area contributed by atoms with Crippen LogP contribution in [0.5, 0.6) is 0 Å². The van der Waals surface area contributed by atoms with E-state index in [-0.39, 0.29) is 18.9 Å². The highest BCUT2D eigenvalue weighted by molar-refractivity contribution is 5.73. The minimum atomic E-state index is -1.35. The highest BCUT2D eigenvalue weighted by Gasteiger charge is 2.40. The summed E-state index contributed by atoms with van der Waals surface area (Å²) in [6.07, 6.45) is -2.50. The molecule has 0 spiro atoms. The molecule has 1 saturated heterocycles. The second-order valence-electron chi connectivity index (χ2n) is 4.56. The molecule has 0 bridgehead atoms. The first-order valence-electron chi connectivity index (χ1n) is 6.20. The van der Waals surface area contributed by atoms with Gasteiger partial charge in [-0.25, -0.2) is 0 Å². The second kappa shape index (κ2) is 7.20.